The predicted molar refractivity (Wildman–Crippen MR) is 70.8 cm³/mol. The minimum atomic E-state index is 0.476. The lowest BCUT2D eigenvalue weighted by molar-refractivity contribution is 0.524. The second kappa shape index (κ2) is 5.26. The Bertz CT molecular complexity index is 466. The van der Waals surface area contributed by atoms with Gasteiger partial charge in [0.15, 0.2) is 0 Å². The molecule has 94 valence electrons. The number of anilines is 2. The van der Waals surface area contributed by atoms with Crippen LogP contribution in [0.5, 0.6) is 0 Å². The third-order valence-corrected chi connectivity index (χ3v) is 3.80. The van der Waals surface area contributed by atoms with Crippen molar-refractivity contribution in [1.29, 1.82) is 0 Å². The summed E-state index contributed by atoms with van der Waals surface area (Å²) in [4.78, 5) is 10.4. The SMILES string of the molecule is c1cc(NC2CCN(c3nncs3)CC2)ncn1. The summed E-state index contributed by atoms with van der Waals surface area (Å²) in [7, 11) is 0. The van der Waals surface area contributed by atoms with E-state index in [1.54, 1.807) is 29.4 Å². The fourth-order valence-electron chi connectivity index (χ4n) is 2.11. The molecule has 0 aromatic carbocycles. The van der Waals surface area contributed by atoms with Gasteiger partial charge in [-0.1, -0.05) is 11.3 Å². The van der Waals surface area contributed by atoms with Gasteiger partial charge < -0.3 is 10.2 Å². The molecule has 1 fully saturated rings. The Morgan fingerprint density at radius 2 is 2.22 bits per heavy atom. The standard InChI is InChI=1S/C11H14N6S/c1-4-12-7-13-10(1)15-9-2-5-17(6-3-9)11-16-14-8-18-11/h1,4,7-9H,2-3,5-6H2,(H,12,13,15). The van der Waals surface area contributed by atoms with E-state index < -0.39 is 0 Å². The molecular formula is C11H14N6S. The highest BCUT2D eigenvalue weighted by atomic mass is 32.1. The van der Waals surface area contributed by atoms with Crippen LogP contribution in [0.3, 0.4) is 0 Å². The Kier molecular flexibility index (Phi) is 3.31. The zero-order valence-electron chi connectivity index (χ0n) is 9.86. The first-order valence-electron chi connectivity index (χ1n) is 5.95. The lowest BCUT2D eigenvalue weighted by Crippen LogP contribution is -2.39. The molecule has 0 radical (unpaired) electrons. The topological polar surface area (TPSA) is 66.8 Å². The zero-order valence-corrected chi connectivity index (χ0v) is 10.7. The summed E-state index contributed by atoms with van der Waals surface area (Å²) in [6.07, 6.45) is 5.50. The summed E-state index contributed by atoms with van der Waals surface area (Å²) in [5, 5.41) is 12.4. The molecule has 0 atom stereocenters. The van der Waals surface area contributed by atoms with Gasteiger partial charge in [-0.3, -0.25) is 0 Å². The van der Waals surface area contributed by atoms with Crippen LogP contribution in [-0.2, 0) is 0 Å². The van der Waals surface area contributed by atoms with Crippen LogP contribution in [0.2, 0.25) is 0 Å². The van der Waals surface area contributed by atoms with Gasteiger partial charge in [-0.25, -0.2) is 9.97 Å². The Balaban J connectivity index is 1.54. The van der Waals surface area contributed by atoms with Gasteiger partial charge in [0.05, 0.1) is 0 Å². The van der Waals surface area contributed by atoms with Crippen LogP contribution < -0.4 is 10.2 Å². The monoisotopic (exact) mass is 262 g/mol. The van der Waals surface area contributed by atoms with E-state index in [4.69, 9.17) is 0 Å². The van der Waals surface area contributed by atoms with Crippen molar-refractivity contribution in [3.05, 3.63) is 24.1 Å². The lowest BCUT2D eigenvalue weighted by Gasteiger charge is -2.32. The Hall–Kier alpha value is -1.76. The van der Waals surface area contributed by atoms with E-state index in [2.05, 4.69) is 30.4 Å². The second-order valence-corrected chi connectivity index (χ2v) is 5.03. The molecule has 0 unspecified atom stereocenters. The Morgan fingerprint density at radius 1 is 1.33 bits per heavy atom. The van der Waals surface area contributed by atoms with Crippen molar-refractivity contribution < 1.29 is 0 Å². The van der Waals surface area contributed by atoms with Crippen LogP contribution in [-0.4, -0.2) is 39.3 Å². The number of nitrogens with zero attached hydrogens (tertiary/aromatic N) is 5. The highest BCUT2D eigenvalue weighted by Gasteiger charge is 2.20. The van der Waals surface area contributed by atoms with Gasteiger partial charge in [0.2, 0.25) is 5.13 Å². The van der Waals surface area contributed by atoms with Crippen molar-refractivity contribution in [2.24, 2.45) is 0 Å². The Morgan fingerprint density at radius 3 is 2.89 bits per heavy atom. The third-order valence-electron chi connectivity index (χ3n) is 3.05. The Labute approximate surface area is 109 Å². The van der Waals surface area contributed by atoms with E-state index in [-0.39, 0.29) is 0 Å². The maximum absolute atomic E-state index is 4.19. The number of piperidine rings is 1. The third kappa shape index (κ3) is 2.56. The molecule has 0 spiro atoms. The molecule has 3 heterocycles. The van der Waals surface area contributed by atoms with Crippen molar-refractivity contribution in [2.45, 2.75) is 18.9 Å². The molecule has 0 aliphatic carbocycles. The van der Waals surface area contributed by atoms with E-state index in [0.29, 0.717) is 6.04 Å². The fraction of sp³-hybridized carbons (Fsp3) is 0.455. The minimum absolute atomic E-state index is 0.476. The average molecular weight is 262 g/mol. The van der Waals surface area contributed by atoms with Crippen LogP contribution in [0.1, 0.15) is 12.8 Å². The van der Waals surface area contributed by atoms with Gasteiger partial charge in [0.1, 0.15) is 17.7 Å². The largest absolute Gasteiger partial charge is 0.367 e. The van der Waals surface area contributed by atoms with Crippen molar-refractivity contribution >= 4 is 22.3 Å². The van der Waals surface area contributed by atoms with Gasteiger partial charge in [0, 0.05) is 25.3 Å². The van der Waals surface area contributed by atoms with Crippen LogP contribution in [0.15, 0.2) is 24.1 Å². The predicted octanol–water partition coefficient (Wildman–Crippen LogP) is 1.41. The number of rotatable bonds is 3. The smallest absolute Gasteiger partial charge is 0.208 e. The van der Waals surface area contributed by atoms with Crippen molar-refractivity contribution in [2.75, 3.05) is 23.3 Å². The zero-order chi connectivity index (χ0) is 12.2. The molecule has 0 amide bonds. The molecule has 3 rings (SSSR count). The van der Waals surface area contributed by atoms with E-state index in [9.17, 15) is 0 Å². The quantitative estimate of drug-likeness (QED) is 0.902. The summed E-state index contributed by atoms with van der Waals surface area (Å²) in [5.74, 6) is 0.902. The van der Waals surface area contributed by atoms with Crippen LogP contribution in [0, 0.1) is 0 Å². The van der Waals surface area contributed by atoms with Crippen molar-refractivity contribution in [3.63, 3.8) is 0 Å². The normalized spacial score (nSPS) is 16.8. The minimum Gasteiger partial charge on any atom is -0.367 e. The molecule has 18 heavy (non-hydrogen) atoms. The number of hydrogen-bond donors (Lipinski definition) is 1. The maximum atomic E-state index is 4.19. The van der Waals surface area contributed by atoms with Gasteiger partial charge in [0.25, 0.3) is 0 Å². The first-order chi connectivity index (χ1) is 8.92. The molecule has 0 saturated carbocycles. The van der Waals surface area contributed by atoms with Crippen LogP contribution in [0.4, 0.5) is 10.9 Å². The van der Waals surface area contributed by atoms with Gasteiger partial charge in [-0.05, 0) is 18.9 Å². The first-order valence-corrected chi connectivity index (χ1v) is 6.83. The van der Waals surface area contributed by atoms with Crippen LogP contribution >= 0.6 is 11.3 Å². The first kappa shape index (κ1) is 11.3. The van der Waals surface area contributed by atoms with Gasteiger partial charge >= 0.3 is 0 Å². The van der Waals surface area contributed by atoms with Crippen molar-refractivity contribution in [3.8, 4) is 0 Å². The molecule has 7 heteroatoms. The molecule has 6 nitrogen and oxygen atoms in total. The lowest BCUT2D eigenvalue weighted by atomic mass is 10.1. The van der Waals surface area contributed by atoms with E-state index in [1.807, 2.05) is 6.07 Å². The number of aromatic nitrogens is 4. The molecule has 1 aliphatic heterocycles. The highest BCUT2D eigenvalue weighted by Crippen LogP contribution is 2.22. The summed E-state index contributed by atoms with van der Waals surface area (Å²) in [5.41, 5.74) is 1.78. The molecule has 0 bridgehead atoms. The highest BCUT2D eigenvalue weighted by molar-refractivity contribution is 7.13. The van der Waals surface area contributed by atoms with E-state index in [1.165, 1.54) is 0 Å². The van der Waals surface area contributed by atoms with Gasteiger partial charge in [-0.15, -0.1) is 10.2 Å². The molecule has 2 aromatic heterocycles. The number of nitrogens with one attached hydrogen (secondary N) is 1. The average Bonchev–Trinajstić information content (AvgIpc) is 2.95. The summed E-state index contributed by atoms with van der Waals surface area (Å²) in [6.45, 7) is 2.02. The number of hydrogen-bond acceptors (Lipinski definition) is 7. The van der Waals surface area contributed by atoms with E-state index in [0.717, 1.165) is 36.9 Å². The summed E-state index contributed by atoms with van der Waals surface area (Å²) in [6, 6.07) is 2.38. The fourth-order valence-corrected chi connectivity index (χ4v) is 2.72. The molecule has 2 aromatic rings. The molecule has 1 aliphatic rings. The van der Waals surface area contributed by atoms with Crippen LogP contribution in [0.25, 0.3) is 0 Å². The van der Waals surface area contributed by atoms with Crippen molar-refractivity contribution in [1.82, 2.24) is 20.2 Å². The molecule has 1 N–H and O–H groups in total. The molecule has 1 saturated heterocycles. The summed E-state index contributed by atoms with van der Waals surface area (Å²) >= 11 is 1.60. The second-order valence-electron chi connectivity index (χ2n) is 4.22. The van der Waals surface area contributed by atoms with Gasteiger partial charge in [-0.2, -0.15) is 0 Å². The molecular weight excluding hydrogens is 248 g/mol. The summed E-state index contributed by atoms with van der Waals surface area (Å²) < 4.78 is 0. The van der Waals surface area contributed by atoms with E-state index >= 15 is 0 Å². The maximum Gasteiger partial charge on any atom is 0.208 e.